The quantitative estimate of drug-likeness (QED) is 0.0858. The van der Waals surface area contributed by atoms with Crippen LogP contribution in [0.2, 0.25) is 0 Å². The molecule has 2 heterocycles. The number of unbranched alkanes of at least 4 members (excludes halogenated alkanes) is 5. The van der Waals surface area contributed by atoms with Gasteiger partial charge in [0.15, 0.2) is 12.6 Å². The number of ether oxygens (including phenoxy) is 5. The van der Waals surface area contributed by atoms with Crippen molar-refractivity contribution in [3.63, 3.8) is 0 Å². The molecule has 0 amide bonds. The summed E-state index contributed by atoms with van der Waals surface area (Å²) in [6.07, 6.45) is -6.11. The molecule has 0 bridgehead atoms. The van der Waals surface area contributed by atoms with Crippen molar-refractivity contribution in [1.29, 1.82) is 0 Å². The fraction of sp³-hybridized carbons (Fsp3) is 1.00. The van der Waals surface area contributed by atoms with Crippen molar-refractivity contribution < 1.29 is 49.2 Å². The second-order valence-corrected chi connectivity index (χ2v) is 11.5. The normalized spacial score (nSPS) is 45.6. The molecule has 0 aromatic carbocycles. The molecule has 2 saturated heterocycles. The number of hydrogen-bond acceptors (Lipinski definition) is 15. The summed E-state index contributed by atoms with van der Waals surface area (Å²) in [6.45, 7) is 1.87. The van der Waals surface area contributed by atoms with E-state index in [4.69, 9.17) is 52.4 Å². The van der Waals surface area contributed by atoms with E-state index in [1.165, 1.54) is 6.42 Å². The highest BCUT2D eigenvalue weighted by Gasteiger charge is 2.52. The Bertz CT molecular complexity index is 707. The first-order chi connectivity index (χ1) is 19.5. The third kappa shape index (κ3) is 8.53. The Morgan fingerprint density at radius 3 is 1.88 bits per heavy atom. The monoisotopic (exact) mass is 595 g/mol. The molecule has 2 aliphatic heterocycles. The molecule has 15 nitrogen and oxygen atoms in total. The van der Waals surface area contributed by atoms with Gasteiger partial charge in [-0.1, -0.05) is 39.0 Å². The average molecular weight is 596 g/mol. The van der Waals surface area contributed by atoms with Crippen LogP contribution in [-0.2, 0) is 23.7 Å². The Kier molecular flexibility index (Phi) is 14.0. The standard InChI is InChI=1S/C26H53N5O10/c1-2-3-4-5-6-7-8-37-24-22(40-25-17(31)20(35)19(34)14(10-27)38-25)12(28)9-13(29)23(24)41-26-21(36)16(30)18(33)15(11-32)39-26/h12-26,32-36H,2-11,27-31H2,1H3/t12-,13+,14-,15-,16+,17-,18-,19-,20-,21-,22+,23-,24-,25-,26-/m1/s1. The summed E-state index contributed by atoms with van der Waals surface area (Å²) >= 11 is 0. The van der Waals surface area contributed by atoms with Gasteiger partial charge in [0.1, 0.15) is 54.9 Å². The highest BCUT2D eigenvalue weighted by atomic mass is 16.7. The van der Waals surface area contributed by atoms with Gasteiger partial charge in [-0.15, -0.1) is 0 Å². The van der Waals surface area contributed by atoms with E-state index < -0.39 is 98.3 Å². The zero-order valence-corrected chi connectivity index (χ0v) is 23.9. The van der Waals surface area contributed by atoms with Crippen molar-refractivity contribution in [2.45, 2.75) is 144 Å². The fourth-order valence-electron chi connectivity index (χ4n) is 5.71. The van der Waals surface area contributed by atoms with Gasteiger partial charge in [-0.2, -0.15) is 0 Å². The number of aliphatic hydroxyl groups is 5. The number of rotatable bonds is 14. The highest BCUT2D eigenvalue weighted by molar-refractivity contribution is 5.02. The van der Waals surface area contributed by atoms with E-state index in [0.717, 1.165) is 32.1 Å². The van der Waals surface area contributed by atoms with Crippen molar-refractivity contribution in [2.75, 3.05) is 19.8 Å². The van der Waals surface area contributed by atoms with Crippen LogP contribution in [0.5, 0.6) is 0 Å². The van der Waals surface area contributed by atoms with E-state index in [9.17, 15) is 25.5 Å². The van der Waals surface area contributed by atoms with E-state index in [-0.39, 0.29) is 13.0 Å². The Balaban J connectivity index is 1.79. The minimum absolute atomic E-state index is 0.0782. The van der Waals surface area contributed by atoms with Crippen LogP contribution >= 0.6 is 0 Å². The van der Waals surface area contributed by atoms with E-state index in [1.54, 1.807) is 0 Å². The maximum Gasteiger partial charge on any atom is 0.186 e. The zero-order valence-electron chi connectivity index (χ0n) is 23.9. The lowest BCUT2D eigenvalue weighted by Gasteiger charge is -2.49. The lowest BCUT2D eigenvalue weighted by molar-refractivity contribution is -0.322. The molecular formula is C26H53N5O10. The molecular weight excluding hydrogens is 542 g/mol. The topological polar surface area (TPSA) is 277 Å². The Hall–Kier alpha value is -0.600. The summed E-state index contributed by atoms with van der Waals surface area (Å²) < 4.78 is 30.1. The van der Waals surface area contributed by atoms with Crippen LogP contribution in [0.3, 0.4) is 0 Å². The first-order valence-corrected chi connectivity index (χ1v) is 14.8. The summed E-state index contributed by atoms with van der Waals surface area (Å²) in [7, 11) is 0. The van der Waals surface area contributed by atoms with Gasteiger partial charge in [-0.05, 0) is 12.8 Å². The largest absolute Gasteiger partial charge is 0.394 e. The van der Waals surface area contributed by atoms with Crippen molar-refractivity contribution in [2.24, 2.45) is 28.7 Å². The third-order valence-corrected chi connectivity index (χ3v) is 8.34. The summed E-state index contributed by atoms with van der Waals surface area (Å²) in [5.41, 5.74) is 30.8. The van der Waals surface area contributed by atoms with E-state index in [0.29, 0.717) is 6.61 Å². The second-order valence-electron chi connectivity index (χ2n) is 11.5. The Morgan fingerprint density at radius 1 is 0.683 bits per heavy atom. The van der Waals surface area contributed by atoms with E-state index in [1.807, 2.05) is 0 Å². The summed E-state index contributed by atoms with van der Waals surface area (Å²) in [4.78, 5) is 0. The molecule has 41 heavy (non-hydrogen) atoms. The number of hydrogen-bond donors (Lipinski definition) is 10. The molecule has 0 aromatic heterocycles. The van der Waals surface area contributed by atoms with Crippen molar-refractivity contribution in [3.05, 3.63) is 0 Å². The van der Waals surface area contributed by atoms with Gasteiger partial charge in [0.25, 0.3) is 0 Å². The molecule has 0 unspecified atom stereocenters. The third-order valence-electron chi connectivity index (χ3n) is 8.34. The van der Waals surface area contributed by atoms with Gasteiger partial charge < -0.3 is 77.9 Å². The molecule has 1 aliphatic carbocycles. The molecule has 1 saturated carbocycles. The van der Waals surface area contributed by atoms with Crippen LogP contribution < -0.4 is 28.7 Å². The van der Waals surface area contributed by atoms with Crippen molar-refractivity contribution in [1.82, 2.24) is 0 Å². The molecule has 15 atom stereocenters. The molecule has 3 aliphatic rings. The minimum Gasteiger partial charge on any atom is -0.394 e. The van der Waals surface area contributed by atoms with Crippen LogP contribution in [0.15, 0.2) is 0 Å². The second kappa shape index (κ2) is 16.5. The highest BCUT2D eigenvalue weighted by Crippen LogP contribution is 2.32. The summed E-state index contributed by atoms with van der Waals surface area (Å²) in [5.74, 6) is 0. The van der Waals surface area contributed by atoms with Gasteiger partial charge in [0.2, 0.25) is 0 Å². The molecule has 3 rings (SSSR count). The fourth-order valence-corrected chi connectivity index (χ4v) is 5.71. The maximum atomic E-state index is 10.7. The molecule has 0 spiro atoms. The lowest BCUT2D eigenvalue weighted by Crippen LogP contribution is -2.69. The van der Waals surface area contributed by atoms with Crippen LogP contribution in [0.25, 0.3) is 0 Å². The summed E-state index contributed by atoms with van der Waals surface area (Å²) in [5, 5.41) is 51.3. The smallest absolute Gasteiger partial charge is 0.186 e. The number of nitrogens with two attached hydrogens (primary N) is 5. The zero-order chi connectivity index (χ0) is 30.3. The molecule has 15 heteroatoms. The molecule has 15 N–H and O–H groups in total. The van der Waals surface area contributed by atoms with Crippen LogP contribution in [-0.4, -0.2) is 137 Å². The average Bonchev–Trinajstić information content (AvgIpc) is 2.95. The van der Waals surface area contributed by atoms with Crippen LogP contribution in [0, 0.1) is 0 Å². The van der Waals surface area contributed by atoms with Gasteiger partial charge >= 0.3 is 0 Å². The molecule has 242 valence electrons. The molecule has 3 fully saturated rings. The predicted octanol–water partition coefficient (Wildman–Crippen LogP) is -3.94. The van der Waals surface area contributed by atoms with Gasteiger partial charge in [0.05, 0.1) is 18.7 Å². The Labute approximate surface area is 241 Å². The van der Waals surface area contributed by atoms with Crippen molar-refractivity contribution in [3.8, 4) is 0 Å². The lowest BCUT2D eigenvalue weighted by atomic mass is 9.84. The van der Waals surface area contributed by atoms with Crippen molar-refractivity contribution >= 4 is 0 Å². The first kappa shape index (κ1) is 34.9. The van der Waals surface area contributed by atoms with Crippen LogP contribution in [0.1, 0.15) is 51.9 Å². The molecule has 0 radical (unpaired) electrons. The van der Waals surface area contributed by atoms with Gasteiger partial charge in [0, 0.05) is 25.2 Å². The van der Waals surface area contributed by atoms with Crippen LogP contribution in [0.4, 0.5) is 0 Å². The SMILES string of the molecule is CCCCCCCCO[C@@H]1[C@@H](O[C@H]2O[C@H](CN)[C@@H](O)[C@H](O)[C@H]2N)[C@H](N)C[C@H](N)[C@H]1O[C@H]1O[C@H](CO)[C@@H](O)[C@H](N)[C@H]1O. The maximum absolute atomic E-state index is 10.7. The molecule has 0 aromatic rings. The van der Waals surface area contributed by atoms with E-state index in [2.05, 4.69) is 6.92 Å². The van der Waals surface area contributed by atoms with E-state index >= 15 is 0 Å². The number of aliphatic hydroxyl groups excluding tert-OH is 5. The minimum atomic E-state index is -1.42. The van der Waals surface area contributed by atoms with Gasteiger partial charge in [-0.3, -0.25) is 0 Å². The Morgan fingerprint density at radius 2 is 1.27 bits per heavy atom. The van der Waals surface area contributed by atoms with Gasteiger partial charge in [-0.25, -0.2) is 0 Å². The predicted molar refractivity (Wildman–Crippen MR) is 147 cm³/mol. The first-order valence-electron chi connectivity index (χ1n) is 14.8. The summed E-state index contributed by atoms with van der Waals surface area (Å²) in [6, 6.07) is -3.57.